The van der Waals surface area contributed by atoms with Crippen molar-refractivity contribution in [1.29, 1.82) is 0 Å². The van der Waals surface area contributed by atoms with E-state index in [1.54, 1.807) is 42.6 Å². The molecule has 2 aromatic carbocycles. The Bertz CT molecular complexity index is 844. The number of aryl methyl sites for hydroxylation is 1. The minimum absolute atomic E-state index is 0.305. The number of ether oxygens (including phenoxy) is 1. The third kappa shape index (κ3) is 4.71. The lowest BCUT2D eigenvalue weighted by Crippen LogP contribution is -2.19. The summed E-state index contributed by atoms with van der Waals surface area (Å²) in [4.78, 5) is 16.0. The third-order valence-corrected chi connectivity index (χ3v) is 3.42. The molecule has 0 aliphatic rings. The van der Waals surface area contributed by atoms with Gasteiger partial charge in [0, 0.05) is 11.4 Å². The van der Waals surface area contributed by atoms with E-state index in [0.717, 1.165) is 11.3 Å². The SMILES string of the molecule is Cc1ccc(NC(=O)Nc2ccc(Oc3ccc(N)nc3)cc2)cc1. The van der Waals surface area contributed by atoms with E-state index in [4.69, 9.17) is 10.5 Å². The quantitative estimate of drug-likeness (QED) is 0.659. The van der Waals surface area contributed by atoms with Gasteiger partial charge in [-0.05, 0) is 55.5 Å². The second kappa shape index (κ2) is 7.35. The van der Waals surface area contributed by atoms with Crippen molar-refractivity contribution in [2.75, 3.05) is 16.4 Å². The van der Waals surface area contributed by atoms with Crippen molar-refractivity contribution in [3.8, 4) is 11.5 Å². The normalized spacial score (nSPS) is 10.1. The molecule has 0 radical (unpaired) electrons. The molecule has 1 aromatic heterocycles. The number of carbonyl (C=O) groups is 1. The Labute approximate surface area is 145 Å². The van der Waals surface area contributed by atoms with Gasteiger partial charge in [-0.2, -0.15) is 0 Å². The van der Waals surface area contributed by atoms with E-state index in [-0.39, 0.29) is 6.03 Å². The third-order valence-electron chi connectivity index (χ3n) is 3.42. The van der Waals surface area contributed by atoms with E-state index < -0.39 is 0 Å². The molecule has 0 fully saturated rings. The first-order valence-corrected chi connectivity index (χ1v) is 7.72. The van der Waals surface area contributed by atoms with Gasteiger partial charge < -0.3 is 21.1 Å². The molecule has 0 aliphatic carbocycles. The van der Waals surface area contributed by atoms with Crippen LogP contribution in [0.2, 0.25) is 0 Å². The van der Waals surface area contributed by atoms with Crippen molar-refractivity contribution >= 4 is 23.2 Å². The summed E-state index contributed by atoms with van der Waals surface area (Å²) in [6.45, 7) is 1.99. The van der Waals surface area contributed by atoms with E-state index in [9.17, 15) is 4.79 Å². The molecule has 1 heterocycles. The number of urea groups is 1. The Kier molecular flexibility index (Phi) is 4.80. The lowest BCUT2D eigenvalue weighted by atomic mass is 10.2. The van der Waals surface area contributed by atoms with Crippen LogP contribution in [0.25, 0.3) is 0 Å². The lowest BCUT2D eigenvalue weighted by Gasteiger charge is -2.09. The Morgan fingerprint density at radius 1 is 0.880 bits per heavy atom. The number of pyridine rings is 1. The van der Waals surface area contributed by atoms with Gasteiger partial charge in [-0.25, -0.2) is 9.78 Å². The summed E-state index contributed by atoms with van der Waals surface area (Å²) in [5, 5.41) is 5.55. The number of aromatic nitrogens is 1. The minimum atomic E-state index is -0.305. The topological polar surface area (TPSA) is 89.3 Å². The molecule has 0 unspecified atom stereocenters. The van der Waals surface area contributed by atoms with Gasteiger partial charge in [-0.15, -0.1) is 0 Å². The molecule has 0 aliphatic heterocycles. The number of hydrogen-bond acceptors (Lipinski definition) is 4. The molecule has 25 heavy (non-hydrogen) atoms. The zero-order valence-electron chi connectivity index (χ0n) is 13.7. The monoisotopic (exact) mass is 334 g/mol. The van der Waals surface area contributed by atoms with Crippen LogP contribution < -0.4 is 21.1 Å². The predicted octanol–water partition coefficient (Wildman–Crippen LogP) is 4.41. The average Bonchev–Trinajstić information content (AvgIpc) is 2.61. The van der Waals surface area contributed by atoms with Gasteiger partial charge >= 0.3 is 6.03 Å². The molecule has 4 N–H and O–H groups in total. The van der Waals surface area contributed by atoms with E-state index in [1.165, 1.54) is 0 Å². The Hall–Kier alpha value is -3.54. The highest BCUT2D eigenvalue weighted by Gasteiger charge is 2.04. The number of nitrogens with one attached hydrogen (secondary N) is 2. The van der Waals surface area contributed by atoms with Crippen LogP contribution in [0.1, 0.15) is 5.56 Å². The van der Waals surface area contributed by atoms with Crippen LogP contribution in [0, 0.1) is 6.92 Å². The standard InChI is InChI=1S/C19H18N4O2/c1-13-2-4-14(5-3-13)22-19(24)23-15-6-8-16(9-7-15)25-17-10-11-18(20)21-12-17/h2-12H,1H3,(H2,20,21)(H2,22,23,24). The summed E-state index contributed by atoms with van der Waals surface area (Å²) in [7, 11) is 0. The number of nitrogens with zero attached hydrogens (tertiary/aromatic N) is 1. The molecule has 0 saturated carbocycles. The minimum Gasteiger partial charge on any atom is -0.456 e. The smallest absolute Gasteiger partial charge is 0.323 e. The average molecular weight is 334 g/mol. The van der Waals surface area contributed by atoms with Crippen LogP contribution in [-0.4, -0.2) is 11.0 Å². The fourth-order valence-corrected chi connectivity index (χ4v) is 2.12. The molecular weight excluding hydrogens is 316 g/mol. The molecule has 6 heteroatoms. The van der Waals surface area contributed by atoms with Gasteiger partial charge in [0.25, 0.3) is 0 Å². The molecule has 0 bridgehead atoms. The Balaban J connectivity index is 1.57. The number of carbonyl (C=O) groups excluding carboxylic acids is 1. The van der Waals surface area contributed by atoms with E-state index in [0.29, 0.717) is 23.0 Å². The first kappa shape index (κ1) is 16.3. The summed E-state index contributed by atoms with van der Waals surface area (Å²) < 4.78 is 5.65. The fourth-order valence-electron chi connectivity index (χ4n) is 2.12. The van der Waals surface area contributed by atoms with Gasteiger partial charge in [-0.1, -0.05) is 17.7 Å². The van der Waals surface area contributed by atoms with Crippen LogP contribution in [-0.2, 0) is 0 Å². The highest BCUT2D eigenvalue weighted by Crippen LogP contribution is 2.23. The number of nitrogens with two attached hydrogens (primary N) is 1. The summed E-state index contributed by atoms with van der Waals surface area (Å²) in [5.41, 5.74) is 8.07. The van der Waals surface area contributed by atoms with E-state index in [1.807, 2.05) is 31.2 Å². The number of benzene rings is 2. The van der Waals surface area contributed by atoms with Crippen molar-refractivity contribution in [2.45, 2.75) is 6.92 Å². The molecule has 0 spiro atoms. The molecule has 0 atom stereocenters. The van der Waals surface area contributed by atoms with Crippen molar-refractivity contribution in [3.63, 3.8) is 0 Å². The Morgan fingerprint density at radius 2 is 1.44 bits per heavy atom. The molecule has 126 valence electrons. The van der Waals surface area contributed by atoms with Gasteiger partial charge in [0.05, 0.1) is 6.20 Å². The lowest BCUT2D eigenvalue weighted by molar-refractivity contribution is 0.262. The number of nitrogen functional groups attached to an aromatic ring is 1. The van der Waals surface area contributed by atoms with Crippen LogP contribution in [0.3, 0.4) is 0 Å². The van der Waals surface area contributed by atoms with Crippen molar-refractivity contribution in [3.05, 3.63) is 72.4 Å². The summed E-state index contributed by atoms with van der Waals surface area (Å²) in [6.07, 6.45) is 1.55. The van der Waals surface area contributed by atoms with Crippen molar-refractivity contribution in [2.24, 2.45) is 0 Å². The second-order valence-corrected chi connectivity index (χ2v) is 5.49. The van der Waals surface area contributed by atoms with Gasteiger partial charge in [0.15, 0.2) is 0 Å². The first-order valence-electron chi connectivity index (χ1n) is 7.72. The summed E-state index contributed by atoms with van der Waals surface area (Å²) >= 11 is 0. The summed E-state index contributed by atoms with van der Waals surface area (Å²) in [5.74, 6) is 1.66. The van der Waals surface area contributed by atoms with Crippen molar-refractivity contribution < 1.29 is 9.53 Å². The first-order chi connectivity index (χ1) is 12.1. The maximum atomic E-state index is 12.0. The van der Waals surface area contributed by atoms with E-state index in [2.05, 4.69) is 15.6 Å². The number of amides is 2. The largest absolute Gasteiger partial charge is 0.456 e. The zero-order chi connectivity index (χ0) is 17.6. The molecule has 3 aromatic rings. The maximum absolute atomic E-state index is 12.0. The van der Waals surface area contributed by atoms with Crippen LogP contribution in [0.15, 0.2) is 66.9 Å². The van der Waals surface area contributed by atoms with E-state index >= 15 is 0 Å². The van der Waals surface area contributed by atoms with Gasteiger partial charge in [0.2, 0.25) is 0 Å². The van der Waals surface area contributed by atoms with Crippen LogP contribution in [0.5, 0.6) is 11.5 Å². The number of anilines is 3. The predicted molar refractivity (Wildman–Crippen MR) is 99.0 cm³/mol. The summed E-state index contributed by atoms with van der Waals surface area (Å²) in [6, 6.07) is 17.7. The van der Waals surface area contributed by atoms with Gasteiger partial charge in [-0.3, -0.25) is 0 Å². The van der Waals surface area contributed by atoms with Crippen LogP contribution >= 0.6 is 0 Å². The molecule has 6 nitrogen and oxygen atoms in total. The number of hydrogen-bond donors (Lipinski definition) is 3. The molecule has 2 amide bonds. The van der Waals surface area contributed by atoms with Gasteiger partial charge in [0.1, 0.15) is 17.3 Å². The molecule has 3 rings (SSSR count). The van der Waals surface area contributed by atoms with Crippen LogP contribution in [0.4, 0.5) is 22.0 Å². The highest BCUT2D eigenvalue weighted by atomic mass is 16.5. The fraction of sp³-hybridized carbons (Fsp3) is 0.0526. The molecule has 0 saturated heterocycles. The second-order valence-electron chi connectivity index (χ2n) is 5.49. The maximum Gasteiger partial charge on any atom is 0.323 e. The zero-order valence-corrected chi connectivity index (χ0v) is 13.7. The highest BCUT2D eigenvalue weighted by molar-refractivity contribution is 5.99. The Morgan fingerprint density at radius 3 is 2.00 bits per heavy atom. The van der Waals surface area contributed by atoms with Crippen molar-refractivity contribution in [1.82, 2.24) is 4.98 Å². The number of rotatable bonds is 4. The molecular formula is C19H18N4O2.